The van der Waals surface area contributed by atoms with Crippen molar-refractivity contribution in [3.05, 3.63) is 93.3 Å². The molecule has 0 spiro atoms. The Hall–Kier alpha value is -3.05. The van der Waals surface area contributed by atoms with Crippen LogP contribution in [0.25, 0.3) is 22.0 Å². The maximum atomic E-state index is 13.5. The van der Waals surface area contributed by atoms with Crippen LogP contribution in [-0.4, -0.2) is 14.5 Å². The minimum atomic E-state index is -0.00839. The first kappa shape index (κ1) is 18.3. The summed E-state index contributed by atoms with van der Waals surface area (Å²) in [5, 5.41) is 0. The van der Waals surface area contributed by atoms with E-state index in [2.05, 4.69) is 17.1 Å². The van der Waals surface area contributed by atoms with E-state index in [0.717, 1.165) is 17.0 Å². The third-order valence-corrected chi connectivity index (χ3v) is 5.72. The summed E-state index contributed by atoms with van der Waals surface area (Å²) < 4.78 is 1.77. The normalized spacial score (nSPS) is 10.9. The molecule has 3 aromatic heterocycles. The Morgan fingerprint density at radius 2 is 1.75 bits per heavy atom. The highest BCUT2D eigenvalue weighted by Crippen LogP contribution is 2.28. The van der Waals surface area contributed by atoms with Gasteiger partial charge in [0.15, 0.2) is 5.82 Å². The van der Waals surface area contributed by atoms with Gasteiger partial charge in [0, 0.05) is 22.5 Å². The van der Waals surface area contributed by atoms with Crippen LogP contribution >= 0.6 is 11.3 Å². The van der Waals surface area contributed by atoms with E-state index in [1.165, 1.54) is 10.4 Å². The number of aromatic nitrogens is 3. The molecule has 0 amide bonds. The lowest BCUT2D eigenvalue weighted by atomic mass is 10.1. The van der Waals surface area contributed by atoms with Gasteiger partial charge in [-0.25, -0.2) is 4.98 Å². The lowest BCUT2D eigenvalue weighted by Gasteiger charge is -2.15. The quantitative estimate of drug-likeness (QED) is 0.490. The van der Waals surface area contributed by atoms with Crippen molar-refractivity contribution >= 4 is 11.3 Å². The van der Waals surface area contributed by atoms with E-state index in [0.29, 0.717) is 23.6 Å². The second kappa shape index (κ2) is 7.90. The molecule has 0 unspecified atom stereocenters. The molecule has 0 saturated heterocycles. The molecule has 0 saturated carbocycles. The summed E-state index contributed by atoms with van der Waals surface area (Å²) in [6, 6.07) is 19.9. The van der Waals surface area contributed by atoms with Gasteiger partial charge < -0.3 is 0 Å². The number of nitrogens with zero attached hydrogens (tertiary/aromatic N) is 3. The summed E-state index contributed by atoms with van der Waals surface area (Å²) in [6.45, 7) is 4.51. The Morgan fingerprint density at radius 1 is 0.964 bits per heavy atom. The van der Waals surface area contributed by atoms with Crippen molar-refractivity contribution in [3.63, 3.8) is 0 Å². The summed E-state index contributed by atoms with van der Waals surface area (Å²) in [4.78, 5) is 24.9. The second-order valence-electron chi connectivity index (χ2n) is 6.71. The van der Waals surface area contributed by atoms with Crippen molar-refractivity contribution in [2.45, 2.75) is 26.8 Å². The highest BCUT2D eigenvalue weighted by atomic mass is 32.1. The van der Waals surface area contributed by atoms with Gasteiger partial charge in [0.2, 0.25) is 0 Å². The number of aryl methyl sites for hydroxylation is 3. The molecular weight excluding hydrogens is 366 g/mol. The van der Waals surface area contributed by atoms with Gasteiger partial charge in [-0.2, -0.15) is 0 Å². The number of hydrogen-bond acceptors (Lipinski definition) is 4. The van der Waals surface area contributed by atoms with Gasteiger partial charge in [-0.3, -0.25) is 14.3 Å². The Kier molecular flexibility index (Phi) is 5.17. The van der Waals surface area contributed by atoms with E-state index in [1.807, 2.05) is 62.4 Å². The van der Waals surface area contributed by atoms with E-state index in [1.54, 1.807) is 22.1 Å². The molecule has 0 aliphatic heterocycles. The highest BCUT2D eigenvalue weighted by molar-refractivity contribution is 7.15. The molecule has 0 atom stereocenters. The molecule has 1 aromatic carbocycles. The van der Waals surface area contributed by atoms with Crippen molar-refractivity contribution in [2.24, 2.45) is 0 Å². The van der Waals surface area contributed by atoms with Crippen LogP contribution in [0.2, 0.25) is 0 Å². The SMILES string of the molecule is Cc1ccc(-c2c(C)nc(-c3ccccn3)n(CCc3ccccc3)c2=O)s1. The average molecular weight is 388 g/mol. The van der Waals surface area contributed by atoms with Gasteiger partial charge in [-0.1, -0.05) is 36.4 Å². The Balaban J connectivity index is 1.85. The van der Waals surface area contributed by atoms with E-state index in [9.17, 15) is 4.79 Å². The van der Waals surface area contributed by atoms with Crippen molar-refractivity contribution in [1.82, 2.24) is 14.5 Å². The maximum absolute atomic E-state index is 13.5. The van der Waals surface area contributed by atoms with Gasteiger partial charge in [0.05, 0.1) is 11.3 Å². The summed E-state index contributed by atoms with van der Waals surface area (Å²) in [5.74, 6) is 0.621. The van der Waals surface area contributed by atoms with Crippen LogP contribution in [0.3, 0.4) is 0 Å². The van der Waals surface area contributed by atoms with Gasteiger partial charge in [-0.15, -0.1) is 11.3 Å². The number of thiophene rings is 1. The van der Waals surface area contributed by atoms with Gasteiger partial charge in [-0.05, 0) is 50.1 Å². The predicted molar refractivity (Wildman–Crippen MR) is 115 cm³/mol. The van der Waals surface area contributed by atoms with Crippen LogP contribution in [0.15, 0.2) is 71.7 Å². The smallest absolute Gasteiger partial charge is 0.262 e. The van der Waals surface area contributed by atoms with Gasteiger partial charge in [0.1, 0.15) is 5.69 Å². The monoisotopic (exact) mass is 387 g/mol. The minimum Gasteiger partial charge on any atom is -0.290 e. The fourth-order valence-corrected chi connectivity index (χ4v) is 4.25. The molecule has 5 heteroatoms. The van der Waals surface area contributed by atoms with E-state index in [4.69, 9.17) is 4.98 Å². The standard InChI is InChI=1S/C23H21N3OS/c1-16-11-12-20(28-16)21-17(2)25-22(19-10-6-7-14-24-19)26(23(21)27)15-13-18-8-4-3-5-9-18/h3-12,14H,13,15H2,1-2H3. The Morgan fingerprint density at radius 3 is 2.43 bits per heavy atom. The van der Waals surface area contributed by atoms with Crippen molar-refractivity contribution < 1.29 is 0 Å². The topological polar surface area (TPSA) is 47.8 Å². The van der Waals surface area contributed by atoms with Crippen LogP contribution in [0.4, 0.5) is 0 Å². The zero-order valence-corrected chi connectivity index (χ0v) is 16.7. The molecule has 0 fully saturated rings. The molecule has 0 aliphatic carbocycles. The number of benzene rings is 1. The fraction of sp³-hybridized carbons (Fsp3) is 0.174. The third kappa shape index (κ3) is 3.66. The zero-order valence-electron chi connectivity index (χ0n) is 15.9. The molecule has 0 bridgehead atoms. The zero-order chi connectivity index (χ0) is 19.5. The molecule has 0 aliphatic rings. The molecule has 4 rings (SSSR count). The summed E-state index contributed by atoms with van der Waals surface area (Å²) in [5.41, 5.74) is 3.32. The van der Waals surface area contributed by atoms with Crippen molar-refractivity contribution in [2.75, 3.05) is 0 Å². The molecule has 0 N–H and O–H groups in total. The first-order valence-corrected chi connectivity index (χ1v) is 10.1. The van der Waals surface area contributed by atoms with E-state index < -0.39 is 0 Å². The average Bonchev–Trinajstić information content (AvgIpc) is 3.14. The molecule has 4 nitrogen and oxygen atoms in total. The first-order chi connectivity index (χ1) is 13.6. The minimum absolute atomic E-state index is 0.00839. The van der Waals surface area contributed by atoms with Crippen molar-refractivity contribution in [3.8, 4) is 22.0 Å². The Labute approximate surface area is 168 Å². The first-order valence-electron chi connectivity index (χ1n) is 9.27. The van der Waals surface area contributed by atoms with Crippen LogP contribution in [0.5, 0.6) is 0 Å². The molecule has 3 heterocycles. The van der Waals surface area contributed by atoms with Crippen LogP contribution in [0, 0.1) is 13.8 Å². The molecule has 0 radical (unpaired) electrons. The number of hydrogen-bond donors (Lipinski definition) is 0. The summed E-state index contributed by atoms with van der Waals surface area (Å²) in [7, 11) is 0. The molecule has 140 valence electrons. The van der Waals surface area contributed by atoms with Crippen LogP contribution in [0.1, 0.15) is 16.1 Å². The lowest BCUT2D eigenvalue weighted by Crippen LogP contribution is -2.27. The number of rotatable bonds is 5. The molecule has 28 heavy (non-hydrogen) atoms. The lowest BCUT2D eigenvalue weighted by molar-refractivity contribution is 0.661. The molecular formula is C23H21N3OS. The van der Waals surface area contributed by atoms with Crippen LogP contribution < -0.4 is 5.56 Å². The Bertz CT molecular complexity index is 1150. The second-order valence-corrected chi connectivity index (χ2v) is 8.00. The van der Waals surface area contributed by atoms with Gasteiger partial charge >= 0.3 is 0 Å². The molecule has 4 aromatic rings. The van der Waals surface area contributed by atoms with E-state index in [-0.39, 0.29) is 5.56 Å². The highest BCUT2D eigenvalue weighted by Gasteiger charge is 2.18. The summed E-state index contributed by atoms with van der Waals surface area (Å²) in [6.07, 6.45) is 2.49. The predicted octanol–water partition coefficient (Wildman–Crippen LogP) is 4.89. The fourth-order valence-electron chi connectivity index (χ4n) is 3.30. The van der Waals surface area contributed by atoms with E-state index >= 15 is 0 Å². The third-order valence-electron chi connectivity index (χ3n) is 4.70. The van der Waals surface area contributed by atoms with Crippen LogP contribution in [-0.2, 0) is 13.0 Å². The maximum Gasteiger partial charge on any atom is 0.262 e. The largest absolute Gasteiger partial charge is 0.290 e. The van der Waals surface area contributed by atoms with Gasteiger partial charge in [0.25, 0.3) is 5.56 Å². The number of pyridine rings is 1. The van der Waals surface area contributed by atoms with Crippen molar-refractivity contribution in [1.29, 1.82) is 0 Å². The summed E-state index contributed by atoms with van der Waals surface area (Å²) >= 11 is 1.63.